The summed E-state index contributed by atoms with van der Waals surface area (Å²) >= 11 is 0. The average molecular weight is 277 g/mol. The lowest BCUT2D eigenvalue weighted by Crippen LogP contribution is -2.37. The Balaban J connectivity index is 1.93. The van der Waals surface area contributed by atoms with E-state index in [4.69, 9.17) is 11.2 Å². The number of hydrogen-bond acceptors (Lipinski definition) is 2. The average Bonchev–Trinajstić information content (AvgIpc) is 2.46. The van der Waals surface area contributed by atoms with Crippen molar-refractivity contribution in [2.24, 2.45) is 0 Å². The molecule has 0 saturated heterocycles. The predicted octanol–water partition coefficient (Wildman–Crippen LogP) is 4.38. The number of nitrogens with one attached hydrogen (secondary N) is 1. The van der Waals surface area contributed by atoms with E-state index in [0.717, 1.165) is 23.4 Å². The van der Waals surface area contributed by atoms with E-state index < -0.39 is 0 Å². The summed E-state index contributed by atoms with van der Waals surface area (Å²) in [7, 11) is 0. The monoisotopic (exact) mass is 277 g/mol. The lowest BCUT2D eigenvalue weighted by Gasteiger charge is -2.38. The minimum Gasteiger partial charge on any atom is -0.487 e. The Morgan fingerprint density at radius 1 is 1.19 bits per heavy atom. The van der Waals surface area contributed by atoms with Crippen molar-refractivity contribution in [3.63, 3.8) is 0 Å². The summed E-state index contributed by atoms with van der Waals surface area (Å²) < 4.78 is 6.06. The first kappa shape index (κ1) is 13.6. The van der Waals surface area contributed by atoms with Crippen LogP contribution in [0, 0.1) is 12.3 Å². The topological polar surface area (TPSA) is 21.3 Å². The number of ether oxygens (including phenoxy) is 1. The second-order valence-electron chi connectivity index (χ2n) is 6.03. The number of para-hydroxylation sites is 1. The van der Waals surface area contributed by atoms with Gasteiger partial charge >= 0.3 is 0 Å². The minimum atomic E-state index is -0.185. The van der Waals surface area contributed by atoms with Gasteiger partial charge in [0.15, 0.2) is 0 Å². The molecule has 0 saturated carbocycles. The molecule has 2 heteroatoms. The molecule has 21 heavy (non-hydrogen) atoms. The Morgan fingerprint density at radius 2 is 2.00 bits per heavy atom. The third kappa shape index (κ3) is 2.87. The zero-order chi connectivity index (χ0) is 14.9. The molecule has 0 radical (unpaired) electrons. The van der Waals surface area contributed by atoms with Gasteiger partial charge in [-0.15, -0.1) is 6.42 Å². The molecule has 1 heterocycles. The first-order valence-corrected chi connectivity index (χ1v) is 7.18. The van der Waals surface area contributed by atoms with Gasteiger partial charge in [-0.3, -0.25) is 0 Å². The van der Waals surface area contributed by atoms with Crippen LogP contribution in [-0.2, 0) is 0 Å². The third-order valence-corrected chi connectivity index (χ3v) is 3.75. The molecule has 1 atom stereocenters. The van der Waals surface area contributed by atoms with E-state index in [1.165, 1.54) is 5.56 Å². The lowest BCUT2D eigenvalue weighted by atomic mass is 9.89. The van der Waals surface area contributed by atoms with E-state index in [-0.39, 0.29) is 11.6 Å². The second-order valence-corrected chi connectivity index (χ2v) is 6.03. The Kier molecular flexibility index (Phi) is 3.35. The minimum absolute atomic E-state index is 0.185. The quantitative estimate of drug-likeness (QED) is 0.822. The zero-order valence-corrected chi connectivity index (χ0v) is 12.4. The summed E-state index contributed by atoms with van der Waals surface area (Å²) in [5.41, 5.74) is 2.95. The summed E-state index contributed by atoms with van der Waals surface area (Å²) in [4.78, 5) is 0. The number of benzene rings is 2. The van der Waals surface area contributed by atoms with Crippen molar-refractivity contribution in [1.29, 1.82) is 0 Å². The van der Waals surface area contributed by atoms with Crippen molar-refractivity contribution < 1.29 is 4.74 Å². The Bertz CT molecular complexity index is 697. The van der Waals surface area contributed by atoms with Crippen LogP contribution in [0.25, 0.3) is 0 Å². The standard InChI is InChI=1S/C19H19NO/c1-4-14-8-7-9-15(12-14)20-17-13-19(2,3)21-18-11-6-5-10-16(17)18/h1,5-12,17,20H,13H2,2-3H3. The van der Waals surface area contributed by atoms with Crippen LogP contribution < -0.4 is 10.1 Å². The van der Waals surface area contributed by atoms with Gasteiger partial charge in [0, 0.05) is 23.2 Å². The normalized spacial score (nSPS) is 19.0. The molecule has 2 nitrogen and oxygen atoms in total. The molecule has 1 N–H and O–H groups in total. The number of rotatable bonds is 2. The Labute approximate surface area is 126 Å². The maximum absolute atomic E-state index is 6.06. The molecule has 0 spiro atoms. The molecule has 0 amide bonds. The molecule has 1 aliphatic heterocycles. The first-order chi connectivity index (χ1) is 10.1. The second kappa shape index (κ2) is 5.18. The van der Waals surface area contributed by atoms with Crippen molar-refractivity contribution in [2.75, 3.05) is 5.32 Å². The van der Waals surface area contributed by atoms with E-state index in [1.54, 1.807) is 0 Å². The van der Waals surface area contributed by atoms with Gasteiger partial charge in [-0.05, 0) is 38.1 Å². The Hall–Kier alpha value is -2.40. The summed E-state index contributed by atoms with van der Waals surface area (Å²) in [6, 6.07) is 16.4. The van der Waals surface area contributed by atoms with E-state index in [2.05, 4.69) is 31.2 Å². The largest absolute Gasteiger partial charge is 0.487 e. The van der Waals surface area contributed by atoms with Crippen LogP contribution in [0.4, 0.5) is 5.69 Å². The van der Waals surface area contributed by atoms with Crippen molar-refractivity contribution in [3.8, 4) is 18.1 Å². The van der Waals surface area contributed by atoms with Gasteiger partial charge in [-0.1, -0.05) is 30.2 Å². The first-order valence-electron chi connectivity index (χ1n) is 7.18. The maximum atomic E-state index is 6.06. The van der Waals surface area contributed by atoms with Gasteiger partial charge in [0.05, 0.1) is 6.04 Å². The molecule has 1 unspecified atom stereocenters. The summed E-state index contributed by atoms with van der Waals surface area (Å²) in [6.45, 7) is 4.24. The van der Waals surface area contributed by atoms with Crippen LogP contribution >= 0.6 is 0 Å². The molecule has 2 aromatic rings. The predicted molar refractivity (Wildman–Crippen MR) is 86.5 cm³/mol. The van der Waals surface area contributed by atoms with Crippen molar-refractivity contribution in [3.05, 3.63) is 59.7 Å². The van der Waals surface area contributed by atoms with Crippen molar-refractivity contribution in [1.82, 2.24) is 0 Å². The smallest absolute Gasteiger partial charge is 0.125 e. The van der Waals surface area contributed by atoms with E-state index in [9.17, 15) is 0 Å². The molecular weight excluding hydrogens is 258 g/mol. The van der Waals surface area contributed by atoms with Crippen LogP contribution in [0.5, 0.6) is 5.75 Å². The van der Waals surface area contributed by atoms with Crippen LogP contribution in [0.2, 0.25) is 0 Å². The number of terminal acetylenes is 1. The fraction of sp³-hybridized carbons (Fsp3) is 0.263. The highest BCUT2D eigenvalue weighted by Crippen LogP contribution is 2.40. The highest BCUT2D eigenvalue weighted by Gasteiger charge is 2.33. The summed E-state index contributed by atoms with van der Waals surface area (Å²) in [6.07, 6.45) is 6.38. The van der Waals surface area contributed by atoms with Gasteiger partial charge < -0.3 is 10.1 Å². The maximum Gasteiger partial charge on any atom is 0.125 e. The summed E-state index contributed by atoms with van der Waals surface area (Å²) in [5, 5.41) is 3.59. The van der Waals surface area contributed by atoms with Gasteiger partial charge in [0.25, 0.3) is 0 Å². The van der Waals surface area contributed by atoms with Crippen LogP contribution in [0.3, 0.4) is 0 Å². The van der Waals surface area contributed by atoms with Gasteiger partial charge in [-0.2, -0.15) is 0 Å². The highest BCUT2D eigenvalue weighted by molar-refractivity contribution is 5.53. The highest BCUT2D eigenvalue weighted by atomic mass is 16.5. The molecule has 0 aliphatic carbocycles. The van der Waals surface area contributed by atoms with E-state index in [1.807, 2.05) is 42.5 Å². The molecule has 0 aromatic heterocycles. The molecule has 1 aliphatic rings. The van der Waals surface area contributed by atoms with E-state index in [0.29, 0.717) is 0 Å². The summed E-state index contributed by atoms with van der Waals surface area (Å²) in [5.74, 6) is 3.63. The molecular formula is C19H19NO. The number of anilines is 1. The molecule has 3 rings (SSSR count). The lowest BCUT2D eigenvalue weighted by molar-refractivity contribution is 0.0759. The molecule has 2 aromatic carbocycles. The molecule has 106 valence electrons. The van der Waals surface area contributed by atoms with Crippen molar-refractivity contribution in [2.45, 2.75) is 31.9 Å². The van der Waals surface area contributed by atoms with Crippen LogP contribution in [-0.4, -0.2) is 5.60 Å². The van der Waals surface area contributed by atoms with Gasteiger partial charge in [0.1, 0.15) is 11.4 Å². The van der Waals surface area contributed by atoms with Crippen molar-refractivity contribution >= 4 is 5.69 Å². The third-order valence-electron chi connectivity index (χ3n) is 3.75. The van der Waals surface area contributed by atoms with E-state index >= 15 is 0 Å². The number of hydrogen-bond donors (Lipinski definition) is 1. The van der Waals surface area contributed by atoms with Gasteiger partial charge in [0.2, 0.25) is 0 Å². The Morgan fingerprint density at radius 3 is 2.81 bits per heavy atom. The molecule has 0 fully saturated rings. The fourth-order valence-electron chi connectivity index (χ4n) is 2.83. The fourth-order valence-corrected chi connectivity index (χ4v) is 2.83. The zero-order valence-electron chi connectivity index (χ0n) is 12.4. The molecule has 0 bridgehead atoms. The van der Waals surface area contributed by atoms with Gasteiger partial charge in [-0.25, -0.2) is 0 Å². The van der Waals surface area contributed by atoms with Crippen LogP contribution in [0.1, 0.15) is 37.4 Å². The SMILES string of the molecule is C#Cc1cccc(NC2CC(C)(C)Oc3ccccc32)c1. The van der Waals surface area contributed by atoms with Crippen LogP contribution in [0.15, 0.2) is 48.5 Å². The number of fused-ring (bicyclic) bond motifs is 1.